The summed E-state index contributed by atoms with van der Waals surface area (Å²) in [4.78, 5) is 30.1. The molecular weight excluding hydrogens is 426 g/mol. The molecule has 4 rings (SSSR count). The van der Waals surface area contributed by atoms with Gasteiger partial charge in [0.15, 0.2) is 5.78 Å². The number of nitrogens with zero attached hydrogens (tertiary/aromatic N) is 1. The Morgan fingerprint density at radius 1 is 1.15 bits per heavy atom. The van der Waals surface area contributed by atoms with Crippen molar-refractivity contribution < 1.29 is 18.4 Å². The highest BCUT2D eigenvalue weighted by molar-refractivity contribution is 5.94. The number of aromatic nitrogens is 1. The zero-order valence-corrected chi connectivity index (χ0v) is 18.0. The lowest BCUT2D eigenvalue weighted by atomic mass is 9.79. The van der Waals surface area contributed by atoms with Crippen molar-refractivity contribution in [2.24, 2.45) is 5.73 Å². The van der Waals surface area contributed by atoms with E-state index < -0.39 is 35.2 Å². The Bertz CT molecular complexity index is 1170. The number of ketones is 1. The molecule has 0 saturated carbocycles. The molecule has 0 fully saturated rings. The lowest BCUT2D eigenvalue weighted by Crippen LogP contribution is -2.58. The number of hydrogen-bond donors (Lipinski definition) is 3. The number of rotatable bonds is 6. The van der Waals surface area contributed by atoms with Crippen LogP contribution >= 0.6 is 0 Å². The van der Waals surface area contributed by atoms with Gasteiger partial charge in [0.1, 0.15) is 17.3 Å². The second-order valence-corrected chi connectivity index (χ2v) is 8.19. The highest BCUT2D eigenvalue weighted by Gasteiger charge is 2.41. The normalized spacial score (nSPS) is 20.5. The Labute approximate surface area is 190 Å². The zero-order chi connectivity index (χ0) is 23.6. The summed E-state index contributed by atoms with van der Waals surface area (Å²) in [7, 11) is 0. The molecule has 170 valence electrons. The summed E-state index contributed by atoms with van der Waals surface area (Å²) in [5.41, 5.74) is 7.98. The van der Waals surface area contributed by atoms with Gasteiger partial charge in [0.05, 0.1) is 24.1 Å². The van der Waals surface area contributed by atoms with Gasteiger partial charge in [-0.05, 0) is 47.9 Å². The molecule has 0 saturated heterocycles. The van der Waals surface area contributed by atoms with Gasteiger partial charge >= 0.3 is 0 Å². The number of halogens is 2. The molecule has 1 amide bonds. The number of fused-ring (bicyclic) bond motifs is 1. The van der Waals surface area contributed by atoms with Crippen molar-refractivity contribution in [3.8, 4) is 0 Å². The average Bonchev–Trinajstić information content (AvgIpc) is 2.79. The van der Waals surface area contributed by atoms with Crippen LogP contribution in [0.4, 0.5) is 8.78 Å². The molecule has 0 radical (unpaired) electrons. The van der Waals surface area contributed by atoms with Crippen molar-refractivity contribution >= 4 is 11.7 Å². The molecule has 3 unspecified atom stereocenters. The maximum absolute atomic E-state index is 13.4. The lowest BCUT2D eigenvalue weighted by molar-refractivity contribution is -0.128. The molecule has 0 spiro atoms. The summed E-state index contributed by atoms with van der Waals surface area (Å²) < 4.78 is 26.8. The fourth-order valence-corrected chi connectivity index (χ4v) is 4.27. The minimum absolute atomic E-state index is 0.192. The molecule has 2 heterocycles. The maximum Gasteiger partial charge on any atom is 0.224 e. The Kier molecular flexibility index (Phi) is 6.31. The third-order valence-corrected chi connectivity index (χ3v) is 5.85. The molecule has 3 atom stereocenters. The Morgan fingerprint density at radius 3 is 2.55 bits per heavy atom. The largest absolute Gasteiger partial charge is 0.346 e. The number of nitrogens with one attached hydrogen (secondary N) is 2. The molecule has 3 aromatic rings. The third kappa shape index (κ3) is 4.67. The number of carbonyl (C=O) groups is 2. The van der Waals surface area contributed by atoms with E-state index in [9.17, 15) is 18.4 Å². The summed E-state index contributed by atoms with van der Waals surface area (Å²) in [6, 6.07) is 15.0. The van der Waals surface area contributed by atoms with Crippen molar-refractivity contribution in [1.82, 2.24) is 15.6 Å². The van der Waals surface area contributed by atoms with Gasteiger partial charge in [-0.15, -0.1) is 0 Å². The number of hydrogen-bond acceptors (Lipinski definition) is 5. The summed E-state index contributed by atoms with van der Waals surface area (Å²) in [6.45, 7) is 1.86. The number of pyridine rings is 1. The van der Waals surface area contributed by atoms with Gasteiger partial charge in [0.25, 0.3) is 0 Å². The van der Waals surface area contributed by atoms with Crippen LogP contribution < -0.4 is 16.4 Å². The molecule has 4 N–H and O–H groups in total. The first-order chi connectivity index (χ1) is 15.8. The minimum Gasteiger partial charge on any atom is -0.346 e. The second kappa shape index (κ2) is 9.17. The van der Waals surface area contributed by atoms with Crippen LogP contribution in [0.3, 0.4) is 0 Å². The van der Waals surface area contributed by atoms with Gasteiger partial charge < -0.3 is 11.1 Å². The summed E-state index contributed by atoms with van der Waals surface area (Å²) in [5.74, 6) is -2.75. The standard InChI is InChI=1S/C25H24F2N4O2/c1-15(31-23(32)12-16-10-17(26)13-18(27)11-16)24(33)20-14-30-25(28,22-8-4-5-9-29-22)21-7-3-2-6-19(20)21/h2-11,13,15,20,30H,12,14,28H2,1H3,(H,31,32). The number of amides is 1. The fourth-order valence-electron chi connectivity index (χ4n) is 4.27. The van der Waals surface area contributed by atoms with Crippen LogP contribution in [-0.2, 0) is 21.7 Å². The predicted octanol–water partition coefficient (Wildman–Crippen LogP) is 2.52. The van der Waals surface area contributed by atoms with Crippen molar-refractivity contribution in [3.63, 3.8) is 0 Å². The highest BCUT2D eigenvalue weighted by atomic mass is 19.1. The molecule has 1 aromatic heterocycles. The molecule has 8 heteroatoms. The van der Waals surface area contributed by atoms with E-state index in [0.29, 0.717) is 5.69 Å². The molecule has 33 heavy (non-hydrogen) atoms. The molecule has 1 aliphatic rings. The van der Waals surface area contributed by atoms with Crippen LogP contribution in [0.2, 0.25) is 0 Å². The van der Waals surface area contributed by atoms with Crippen LogP contribution in [0.15, 0.2) is 66.9 Å². The minimum atomic E-state index is -1.05. The molecule has 6 nitrogen and oxygen atoms in total. The summed E-state index contributed by atoms with van der Waals surface area (Å²) >= 11 is 0. The predicted molar refractivity (Wildman–Crippen MR) is 119 cm³/mol. The number of benzene rings is 2. The second-order valence-electron chi connectivity index (χ2n) is 8.19. The smallest absolute Gasteiger partial charge is 0.224 e. The molecule has 0 aliphatic carbocycles. The molecule has 0 bridgehead atoms. The quantitative estimate of drug-likeness (QED) is 0.536. The molecule has 2 aromatic carbocycles. The first-order valence-corrected chi connectivity index (χ1v) is 10.6. The molecular formula is C25H24F2N4O2. The first-order valence-electron chi connectivity index (χ1n) is 10.6. The highest BCUT2D eigenvalue weighted by Crippen LogP contribution is 2.35. The third-order valence-electron chi connectivity index (χ3n) is 5.85. The number of nitrogens with two attached hydrogens (primary N) is 1. The van der Waals surface area contributed by atoms with Crippen molar-refractivity contribution in [3.05, 3.63) is 101 Å². The Morgan fingerprint density at radius 2 is 1.85 bits per heavy atom. The van der Waals surface area contributed by atoms with E-state index in [4.69, 9.17) is 5.73 Å². The van der Waals surface area contributed by atoms with Crippen LogP contribution in [0.1, 0.15) is 35.2 Å². The lowest BCUT2D eigenvalue weighted by Gasteiger charge is -2.40. The van der Waals surface area contributed by atoms with E-state index in [1.54, 1.807) is 19.2 Å². The summed E-state index contributed by atoms with van der Waals surface area (Å²) in [6.07, 6.45) is 1.42. The van der Waals surface area contributed by atoms with Crippen molar-refractivity contribution in [2.45, 2.75) is 31.0 Å². The van der Waals surface area contributed by atoms with Gasteiger partial charge in [0.2, 0.25) is 5.91 Å². The van der Waals surface area contributed by atoms with Gasteiger partial charge in [-0.2, -0.15) is 0 Å². The van der Waals surface area contributed by atoms with E-state index in [1.165, 1.54) is 0 Å². The van der Waals surface area contributed by atoms with Crippen molar-refractivity contribution in [1.29, 1.82) is 0 Å². The van der Waals surface area contributed by atoms with Gasteiger partial charge in [0, 0.05) is 18.8 Å². The SMILES string of the molecule is CC(NC(=O)Cc1cc(F)cc(F)c1)C(=O)C1CNC(N)(c2ccccn2)c2ccccc21. The van der Waals surface area contributed by atoms with E-state index in [1.807, 2.05) is 36.4 Å². The first kappa shape index (κ1) is 22.7. The topological polar surface area (TPSA) is 97.1 Å². The van der Waals surface area contributed by atoms with Crippen LogP contribution in [0, 0.1) is 11.6 Å². The number of Topliss-reactive ketones (excluding diaryl/α,β-unsaturated/α-hetero) is 1. The van der Waals surface area contributed by atoms with Gasteiger partial charge in [-0.1, -0.05) is 30.3 Å². The fraction of sp³-hybridized carbons (Fsp3) is 0.240. The maximum atomic E-state index is 13.4. The average molecular weight is 450 g/mol. The van der Waals surface area contributed by atoms with Crippen LogP contribution in [0.5, 0.6) is 0 Å². The van der Waals surface area contributed by atoms with Crippen LogP contribution in [-0.4, -0.2) is 29.3 Å². The van der Waals surface area contributed by atoms with Gasteiger partial charge in [-0.3, -0.25) is 19.9 Å². The Balaban J connectivity index is 1.52. The van der Waals surface area contributed by atoms with E-state index >= 15 is 0 Å². The van der Waals surface area contributed by atoms with E-state index in [2.05, 4.69) is 15.6 Å². The van der Waals surface area contributed by atoms with Crippen LogP contribution in [0.25, 0.3) is 0 Å². The van der Waals surface area contributed by atoms with Gasteiger partial charge in [-0.25, -0.2) is 8.78 Å². The number of carbonyl (C=O) groups excluding carboxylic acids is 2. The molecule has 1 aliphatic heterocycles. The zero-order valence-electron chi connectivity index (χ0n) is 18.0. The van der Waals surface area contributed by atoms with Crippen molar-refractivity contribution in [2.75, 3.05) is 6.54 Å². The monoisotopic (exact) mass is 450 g/mol. The summed E-state index contributed by atoms with van der Waals surface area (Å²) in [5, 5.41) is 5.90. The van der Waals surface area contributed by atoms with E-state index in [0.717, 1.165) is 29.3 Å². The van der Waals surface area contributed by atoms with E-state index in [-0.39, 0.29) is 24.3 Å². The Hall–Kier alpha value is -3.49.